The highest BCUT2D eigenvalue weighted by atomic mass is 16.5. The van der Waals surface area contributed by atoms with Crippen LogP contribution in [0, 0.1) is 0 Å². The molecule has 0 bridgehead atoms. The van der Waals surface area contributed by atoms with Crippen molar-refractivity contribution in [1.29, 1.82) is 0 Å². The predicted molar refractivity (Wildman–Crippen MR) is 106 cm³/mol. The van der Waals surface area contributed by atoms with Crippen molar-refractivity contribution >= 4 is 0 Å². The monoisotopic (exact) mass is 364 g/mol. The number of hydrogen-bond donors (Lipinski definition) is 0. The van der Waals surface area contributed by atoms with Crippen LogP contribution < -0.4 is 18.9 Å². The van der Waals surface area contributed by atoms with E-state index in [-0.39, 0.29) is 0 Å². The summed E-state index contributed by atoms with van der Waals surface area (Å²) in [5.41, 5.74) is 1.14. The minimum Gasteiger partial charge on any atom is -0.490 e. The number of para-hydroxylation sites is 2. The Kier molecular flexibility index (Phi) is 6.99. The highest BCUT2D eigenvalue weighted by molar-refractivity contribution is 5.39. The molecule has 0 atom stereocenters. The fourth-order valence-electron chi connectivity index (χ4n) is 2.53. The first-order chi connectivity index (χ1) is 13.3. The summed E-state index contributed by atoms with van der Waals surface area (Å²) >= 11 is 0. The number of hydrogen-bond acceptors (Lipinski definition) is 4. The molecule has 27 heavy (non-hydrogen) atoms. The Balaban J connectivity index is 1.41. The van der Waals surface area contributed by atoms with Crippen molar-refractivity contribution in [2.75, 3.05) is 19.8 Å². The Morgan fingerprint density at radius 1 is 0.556 bits per heavy atom. The zero-order valence-corrected chi connectivity index (χ0v) is 15.5. The van der Waals surface area contributed by atoms with Gasteiger partial charge in [-0.2, -0.15) is 0 Å². The Morgan fingerprint density at radius 2 is 1.11 bits per heavy atom. The third-order valence-corrected chi connectivity index (χ3v) is 3.83. The zero-order valence-electron chi connectivity index (χ0n) is 15.5. The largest absolute Gasteiger partial charge is 0.490 e. The Hall–Kier alpha value is -3.14. The van der Waals surface area contributed by atoms with Gasteiger partial charge in [0.25, 0.3) is 0 Å². The van der Waals surface area contributed by atoms with E-state index in [1.807, 2.05) is 85.8 Å². The van der Waals surface area contributed by atoms with Crippen molar-refractivity contribution in [1.82, 2.24) is 0 Å². The molecule has 3 rings (SSSR count). The number of benzene rings is 3. The van der Waals surface area contributed by atoms with E-state index in [0.717, 1.165) is 28.6 Å². The van der Waals surface area contributed by atoms with Crippen LogP contribution >= 0.6 is 0 Å². The molecule has 4 nitrogen and oxygen atoms in total. The summed E-state index contributed by atoms with van der Waals surface area (Å²) in [7, 11) is 0. The lowest BCUT2D eigenvalue weighted by Crippen LogP contribution is -2.09. The molecule has 0 saturated carbocycles. The van der Waals surface area contributed by atoms with Gasteiger partial charge in [0.05, 0.1) is 6.61 Å². The van der Waals surface area contributed by atoms with E-state index in [4.69, 9.17) is 18.9 Å². The third-order valence-electron chi connectivity index (χ3n) is 3.83. The van der Waals surface area contributed by atoms with Crippen LogP contribution in [-0.2, 0) is 6.61 Å². The van der Waals surface area contributed by atoms with Crippen molar-refractivity contribution in [3.05, 3.63) is 84.4 Å². The van der Waals surface area contributed by atoms with Crippen molar-refractivity contribution in [3.63, 3.8) is 0 Å². The Bertz CT molecular complexity index is 800. The summed E-state index contributed by atoms with van der Waals surface area (Å²) in [4.78, 5) is 0. The molecule has 0 aromatic heterocycles. The topological polar surface area (TPSA) is 36.9 Å². The minimum absolute atomic E-state index is 0.441. The molecule has 0 aliphatic rings. The zero-order chi connectivity index (χ0) is 18.7. The molecule has 0 aliphatic carbocycles. The average molecular weight is 364 g/mol. The van der Waals surface area contributed by atoms with Gasteiger partial charge in [-0.3, -0.25) is 0 Å². The highest BCUT2D eigenvalue weighted by Crippen LogP contribution is 2.26. The molecule has 140 valence electrons. The first kappa shape index (κ1) is 18.6. The molecule has 0 saturated heterocycles. The van der Waals surface area contributed by atoms with Crippen molar-refractivity contribution in [3.8, 4) is 23.0 Å². The van der Waals surface area contributed by atoms with Gasteiger partial charge in [0.15, 0.2) is 11.5 Å². The van der Waals surface area contributed by atoms with E-state index in [9.17, 15) is 0 Å². The van der Waals surface area contributed by atoms with Gasteiger partial charge in [0, 0.05) is 0 Å². The Labute approximate surface area is 160 Å². The quantitative estimate of drug-likeness (QED) is 0.468. The van der Waals surface area contributed by atoms with E-state index in [1.165, 1.54) is 0 Å². The van der Waals surface area contributed by atoms with E-state index in [0.29, 0.717) is 26.4 Å². The number of ether oxygens (including phenoxy) is 4. The molecule has 0 heterocycles. The van der Waals surface area contributed by atoms with Gasteiger partial charge < -0.3 is 18.9 Å². The highest BCUT2D eigenvalue weighted by Gasteiger charge is 2.03. The first-order valence-electron chi connectivity index (χ1n) is 9.09. The van der Waals surface area contributed by atoms with Crippen molar-refractivity contribution in [2.45, 2.75) is 13.5 Å². The Morgan fingerprint density at radius 3 is 1.78 bits per heavy atom. The maximum absolute atomic E-state index is 5.77. The van der Waals surface area contributed by atoms with Crippen molar-refractivity contribution in [2.24, 2.45) is 0 Å². The summed E-state index contributed by atoms with van der Waals surface area (Å²) in [6.07, 6.45) is 0. The lowest BCUT2D eigenvalue weighted by atomic mass is 10.2. The molecular weight excluding hydrogens is 340 g/mol. The van der Waals surface area contributed by atoms with Gasteiger partial charge in [0.2, 0.25) is 0 Å². The normalized spacial score (nSPS) is 10.3. The van der Waals surface area contributed by atoms with Gasteiger partial charge in [-0.15, -0.1) is 0 Å². The van der Waals surface area contributed by atoms with Gasteiger partial charge >= 0.3 is 0 Å². The van der Waals surface area contributed by atoms with Crippen LogP contribution in [0.1, 0.15) is 12.5 Å². The molecule has 0 amide bonds. The maximum Gasteiger partial charge on any atom is 0.161 e. The molecule has 0 spiro atoms. The molecule has 3 aromatic rings. The van der Waals surface area contributed by atoms with Crippen molar-refractivity contribution < 1.29 is 18.9 Å². The van der Waals surface area contributed by atoms with Gasteiger partial charge in [-0.1, -0.05) is 42.5 Å². The van der Waals surface area contributed by atoms with Crippen LogP contribution in [0.2, 0.25) is 0 Å². The van der Waals surface area contributed by atoms with E-state index in [1.54, 1.807) is 0 Å². The van der Waals surface area contributed by atoms with E-state index >= 15 is 0 Å². The summed E-state index contributed by atoms with van der Waals surface area (Å²) in [5.74, 6) is 3.07. The molecule has 3 aromatic carbocycles. The SMILES string of the molecule is CCOc1ccccc1OCCOc1ccc(OCc2ccccc2)cc1. The van der Waals surface area contributed by atoms with Crippen LogP contribution in [-0.4, -0.2) is 19.8 Å². The molecule has 0 aliphatic heterocycles. The first-order valence-corrected chi connectivity index (χ1v) is 9.09. The second-order valence-electron chi connectivity index (χ2n) is 5.82. The fraction of sp³-hybridized carbons (Fsp3) is 0.217. The molecule has 0 radical (unpaired) electrons. The lowest BCUT2D eigenvalue weighted by Gasteiger charge is -2.12. The smallest absolute Gasteiger partial charge is 0.161 e. The third kappa shape index (κ3) is 5.96. The van der Waals surface area contributed by atoms with E-state index in [2.05, 4.69) is 0 Å². The second-order valence-corrected chi connectivity index (χ2v) is 5.82. The summed E-state index contributed by atoms with van der Waals surface area (Å²) in [6, 6.07) is 25.3. The standard InChI is InChI=1S/C23H24O4/c1-2-24-22-10-6-7-11-23(22)26-17-16-25-20-12-14-21(15-13-20)27-18-19-8-4-3-5-9-19/h3-15H,2,16-18H2,1H3. The molecule has 4 heteroatoms. The molecular formula is C23H24O4. The predicted octanol–water partition coefficient (Wildman–Crippen LogP) is 5.12. The minimum atomic E-state index is 0.441. The van der Waals surface area contributed by atoms with Crippen LogP contribution in [0.5, 0.6) is 23.0 Å². The molecule has 0 unspecified atom stereocenters. The van der Waals surface area contributed by atoms with E-state index < -0.39 is 0 Å². The second kappa shape index (κ2) is 10.1. The summed E-state index contributed by atoms with van der Waals surface area (Å²) in [5, 5.41) is 0. The lowest BCUT2D eigenvalue weighted by molar-refractivity contribution is 0.208. The average Bonchev–Trinajstić information content (AvgIpc) is 2.73. The fourth-order valence-corrected chi connectivity index (χ4v) is 2.53. The summed E-state index contributed by atoms with van der Waals surface area (Å²) in [6.45, 7) is 4.00. The van der Waals surface area contributed by atoms with Gasteiger partial charge in [-0.25, -0.2) is 0 Å². The molecule has 0 fully saturated rings. The van der Waals surface area contributed by atoms with Crippen LogP contribution in [0.3, 0.4) is 0 Å². The summed E-state index contributed by atoms with van der Waals surface area (Å²) < 4.78 is 22.8. The van der Waals surface area contributed by atoms with Crippen LogP contribution in [0.15, 0.2) is 78.9 Å². The number of rotatable bonds is 10. The van der Waals surface area contributed by atoms with Gasteiger partial charge in [0.1, 0.15) is 31.3 Å². The van der Waals surface area contributed by atoms with Crippen LogP contribution in [0.25, 0.3) is 0 Å². The van der Waals surface area contributed by atoms with Gasteiger partial charge in [-0.05, 0) is 48.9 Å². The maximum atomic E-state index is 5.77. The van der Waals surface area contributed by atoms with Crippen LogP contribution in [0.4, 0.5) is 0 Å². The molecule has 0 N–H and O–H groups in total.